The lowest BCUT2D eigenvalue weighted by Crippen LogP contribution is -2.50. The molecular weight excluding hydrogens is 268 g/mol. The summed E-state index contributed by atoms with van der Waals surface area (Å²) in [7, 11) is 0. The van der Waals surface area contributed by atoms with Gasteiger partial charge in [0.1, 0.15) is 6.04 Å². The molecule has 3 N–H and O–H groups in total. The zero-order valence-corrected chi connectivity index (χ0v) is 13.2. The zero-order chi connectivity index (χ0) is 16.2. The van der Waals surface area contributed by atoms with Crippen LogP contribution in [0.2, 0.25) is 0 Å². The number of carbonyl (C=O) groups is 2. The zero-order valence-electron chi connectivity index (χ0n) is 13.2. The van der Waals surface area contributed by atoms with E-state index in [0.717, 1.165) is 0 Å². The van der Waals surface area contributed by atoms with Crippen LogP contribution in [-0.4, -0.2) is 23.1 Å². The van der Waals surface area contributed by atoms with Crippen molar-refractivity contribution in [3.05, 3.63) is 29.8 Å². The Morgan fingerprint density at radius 3 is 2.00 bits per heavy atom. The molecule has 1 aromatic carbocycles. The van der Waals surface area contributed by atoms with E-state index in [2.05, 4.69) is 24.5 Å². The number of hydrogen-bond donors (Lipinski definition) is 3. The summed E-state index contributed by atoms with van der Waals surface area (Å²) in [6.45, 7) is 9.49. The lowest BCUT2D eigenvalue weighted by molar-refractivity contribution is -0.141. The lowest BCUT2D eigenvalue weighted by Gasteiger charge is -2.27. The third-order valence-electron chi connectivity index (χ3n) is 3.22. The number of aliphatic carboxylic acids is 1. The van der Waals surface area contributed by atoms with E-state index in [9.17, 15) is 14.7 Å². The molecule has 0 radical (unpaired) electrons. The second kappa shape index (κ2) is 6.61. The van der Waals surface area contributed by atoms with Gasteiger partial charge in [-0.15, -0.1) is 0 Å². The Kier molecular flexibility index (Phi) is 5.35. The van der Waals surface area contributed by atoms with Crippen LogP contribution >= 0.6 is 0 Å². The maximum atomic E-state index is 11.9. The quantitative estimate of drug-likeness (QED) is 0.795. The van der Waals surface area contributed by atoms with E-state index in [0.29, 0.717) is 11.6 Å². The first kappa shape index (κ1) is 17.0. The maximum Gasteiger partial charge on any atom is 0.326 e. The summed E-state index contributed by atoms with van der Waals surface area (Å²) in [6.07, 6.45) is 0. The van der Waals surface area contributed by atoms with Crippen LogP contribution in [0.25, 0.3) is 0 Å². The van der Waals surface area contributed by atoms with E-state index in [-0.39, 0.29) is 0 Å². The number of carbonyl (C=O) groups excluding carboxylic acids is 1. The number of benzene rings is 1. The van der Waals surface area contributed by atoms with Crippen molar-refractivity contribution in [3.63, 3.8) is 0 Å². The van der Waals surface area contributed by atoms with Gasteiger partial charge in [0.2, 0.25) is 0 Å². The van der Waals surface area contributed by atoms with Gasteiger partial charge in [0.25, 0.3) is 0 Å². The summed E-state index contributed by atoms with van der Waals surface area (Å²) in [4.78, 5) is 23.1. The van der Waals surface area contributed by atoms with Gasteiger partial charge in [-0.05, 0) is 29.0 Å². The van der Waals surface area contributed by atoms with Crippen molar-refractivity contribution in [1.82, 2.24) is 5.32 Å². The monoisotopic (exact) mass is 292 g/mol. The highest BCUT2D eigenvalue weighted by atomic mass is 16.4. The van der Waals surface area contributed by atoms with Gasteiger partial charge >= 0.3 is 12.0 Å². The van der Waals surface area contributed by atoms with Crippen LogP contribution in [0.4, 0.5) is 10.5 Å². The summed E-state index contributed by atoms with van der Waals surface area (Å²) < 4.78 is 0. The predicted octanol–water partition coefficient (Wildman–Crippen LogP) is 3.43. The first-order chi connectivity index (χ1) is 9.61. The molecule has 2 amide bonds. The van der Waals surface area contributed by atoms with Gasteiger partial charge in [-0.2, -0.15) is 0 Å². The van der Waals surface area contributed by atoms with E-state index < -0.39 is 23.5 Å². The first-order valence-electron chi connectivity index (χ1n) is 7.01. The molecule has 5 nitrogen and oxygen atoms in total. The van der Waals surface area contributed by atoms with Gasteiger partial charge in [0.15, 0.2) is 0 Å². The van der Waals surface area contributed by atoms with E-state index in [1.807, 2.05) is 24.3 Å². The van der Waals surface area contributed by atoms with E-state index in [1.165, 1.54) is 5.56 Å². The number of urea groups is 1. The Hall–Kier alpha value is -2.04. The van der Waals surface area contributed by atoms with Crippen molar-refractivity contribution < 1.29 is 14.7 Å². The Morgan fingerprint density at radius 1 is 1.10 bits per heavy atom. The molecule has 0 fully saturated rings. The fourth-order valence-electron chi connectivity index (χ4n) is 1.90. The molecule has 0 saturated carbocycles. The Balaban J connectivity index is 2.70. The Morgan fingerprint density at radius 2 is 1.62 bits per heavy atom. The molecule has 0 bridgehead atoms. The normalized spacial score (nSPS) is 12.9. The van der Waals surface area contributed by atoms with Crippen molar-refractivity contribution in [2.24, 2.45) is 5.41 Å². The van der Waals surface area contributed by atoms with Gasteiger partial charge in [0.05, 0.1) is 0 Å². The lowest BCUT2D eigenvalue weighted by atomic mass is 9.87. The molecule has 0 unspecified atom stereocenters. The van der Waals surface area contributed by atoms with E-state index in [4.69, 9.17) is 0 Å². The third-order valence-corrected chi connectivity index (χ3v) is 3.22. The standard InChI is InChI=1S/C16H24N2O3/c1-10(2)11-6-8-12(9-7-11)17-15(21)18-13(14(19)20)16(3,4)5/h6-10,13H,1-5H3,(H,19,20)(H2,17,18,21)/t13-/m1/s1. The summed E-state index contributed by atoms with van der Waals surface area (Å²) in [5, 5.41) is 14.3. The van der Waals surface area contributed by atoms with E-state index >= 15 is 0 Å². The number of nitrogens with one attached hydrogen (secondary N) is 2. The van der Waals surface area contributed by atoms with Crippen LogP contribution in [0.3, 0.4) is 0 Å². The summed E-state index contributed by atoms with van der Waals surface area (Å²) in [5.41, 5.74) is 1.25. The largest absolute Gasteiger partial charge is 0.480 e. The molecule has 0 spiro atoms. The van der Waals surface area contributed by atoms with Crippen molar-refractivity contribution in [1.29, 1.82) is 0 Å². The van der Waals surface area contributed by atoms with Crippen LogP contribution in [0.5, 0.6) is 0 Å². The molecule has 0 aromatic heterocycles. The van der Waals surface area contributed by atoms with Gasteiger partial charge < -0.3 is 15.7 Å². The van der Waals surface area contributed by atoms with Crippen molar-refractivity contribution in [3.8, 4) is 0 Å². The number of carboxylic acids is 1. The molecule has 1 aromatic rings. The van der Waals surface area contributed by atoms with Gasteiger partial charge in [0, 0.05) is 5.69 Å². The molecule has 1 atom stereocenters. The van der Waals surface area contributed by atoms with Crippen molar-refractivity contribution >= 4 is 17.7 Å². The van der Waals surface area contributed by atoms with Crippen LogP contribution in [0.1, 0.15) is 46.1 Å². The van der Waals surface area contributed by atoms with Crippen LogP contribution in [0.15, 0.2) is 24.3 Å². The van der Waals surface area contributed by atoms with Crippen molar-refractivity contribution in [2.45, 2.75) is 46.6 Å². The predicted molar refractivity (Wildman–Crippen MR) is 83.6 cm³/mol. The number of rotatable bonds is 4. The summed E-state index contributed by atoms with van der Waals surface area (Å²) in [5.74, 6) is -0.627. The van der Waals surface area contributed by atoms with Gasteiger partial charge in [-0.3, -0.25) is 0 Å². The number of hydrogen-bond acceptors (Lipinski definition) is 2. The number of amides is 2. The number of carboxylic acid groups (broad SMARTS) is 1. The van der Waals surface area contributed by atoms with E-state index in [1.54, 1.807) is 20.8 Å². The summed E-state index contributed by atoms with van der Waals surface area (Å²) in [6, 6.07) is 6.03. The number of anilines is 1. The molecule has 1 rings (SSSR count). The smallest absolute Gasteiger partial charge is 0.326 e. The minimum Gasteiger partial charge on any atom is -0.480 e. The molecule has 0 aliphatic carbocycles. The van der Waals surface area contributed by atoms with Crippen LogP contribution in [0, 0.1) is 5.41 Å². The highest BCUT2D eigenvalue weighted by Crippen LogP contribution is 2.20. The second-order valence-electron chi connectivity index (χ2n) is 6.51. The fraction of sp³-hybridized carbons (Fsp3) is 0.500. The minimum absolute atomic E-state index is 0.421. The van der Waals surface area contributed by atoms with Gasteiger partial charge in [-0.1, -0.05) is 46.8 Å². The molecule has 0 aliphatic rings. The highest BCUT2D eigenvalue weighted by Gasteiger charge is 2.32. The SMILES string of the molecule is CC(C)c1ccc(NC(=O)N[C@H](C(=O)O)C(C)(C)C)cc1. The first-order valence-corrected chi connectivity index (χ1v) is 7.01. The molecule has 0 heterocycles. The fourth-order valence-corrected chi connectivity index (χ4v) is 1.90. The molecule has 116 valence electrons. The summed E-state index contributed by atoms with van der Waals surface area (Å²) >= 11 is 0. The Bertz CT molecular complexity index is 501. The second-order valence-corrected chi connectivity index (χ2v) is 6.51. The van der Waals surface area contributed by atoms with Crippen molar-refractivity contribution in [2.75, 3.05) is 5.32 Å². The average Bonchev–Trinajstić information content (AvgIpc) is 2.35. The van der Waals surface area contributed by atoms with Crippen LogP contribution in [-0.2, 0) is 4.79 Å². The highest BCUT2D eigenvalue weighted by molar-refractivity contribution is 5.92. The third kappa shape index (κ3) is 5.10. The topological polar surface area (TPSA) is 78.4 Å². The minimum atomic E-state index is -1.05. The van der Waals surface area contributed by atoms with Gasteiger partial charge in [-0.25, -0.2) is 9.59 Å². The maximum absolute atomic E-state index is 11.9. The molecule has 0 aliphatic heterocycles. The molecule has 21 heavy (non-hydrogen) atoms. The average molecular weight is 292 g/mol. The molecule has 0 saturated heterocycles. The Labute approximate surface area is 125 Å². The molecular formula is C16H24N2O3. The van der Waals surface area contributed by atoms with Crippen LogP contribution < -0.4 is 10.6 Å². The molecule has 5 heteroatoms.